The predicted molar refractivity (Wildman–Crippen MR) is 105 cm³/mol. The molecule has 0 radical (unpaired) electrons. The van der Waals surface area contributed by atoms with E-state index in [0.717, 1.165) is 38.6 Å². The molecule has 0 saturated carbocycles. The normalized spacial score (nSPS) is 11.7. The summed E-state index contributed by atoms with van der Waals surface area (Å²) >= 11 is 0. The Morgan fingerprint density at radius 1 is 1.07 bits per heavy atom. The third-order valence-corrected chi connectivity index (χ3v) is 4.41. The fourth-order valence-electron chi connectivity index (χ4n) is 3.09. The Hall–Kier alpha value is -3.94. The van der Waals surface area contributed by atoms with Gasteiger partial charge in [-0.15, -0.1) is 10.2 Å². The van der Waals surface area contributed by atoms with E-state index in [-0.39, 0.29) is 0 Å². The number of nitrogens with one attached hydrogen (secondary N) is 3. The maximum atomic E-state index is 5.24. The van der Waals surface area contributed by atoms with Gasteiger partial charge in [-0.2, -0.15) is 10.1 Å². The molecule has 2 aromatic carbocycles. The Balaban J connectivity index is 1.41. The topological polar surface area (TPSA) is 104 Å². The van der Waals surface area contributed by atoms with Crippen LogP contribution in [0.1, 0.15) is 5.56 Å². The quantitative estimate of drug-likeness (QED) is 0.338. The van der Waals surface area contributed by atoms with Crippen LogP contribution in [0.2, 0.25) is 0 Å². The second-order valence-electron chi connectivity index (χ2n) is 6.03. The first kappa shape index (κ1) is 15.3. The van der Waals surface area contributed by atoms with Crippen molar-refractivity contribution < 1.29 is 4.74 Å². The minimum absolute atomic E-state index is 0.326. The van der Waals surface area contributed by atoms with Crippen LogP contribution in [0.3, 0.4) is 0 Å². The number of benzene rings is 2. The van der Waals surface area contributed by atoms with Gasteiger partial charge >= 0.3 is 0 Å². The van der Waals surface area contributed by atoms with Crippen molar-refractivity contribution in [3.63, 3.8) is 0 Å². The van der Waals surface area contributed by atoms with E-state index in [9.17, 15) is 0 Å². The summed E-state index contributed by atoms with van der Waals surface area (Å²) < 4.78 is 5.24. The number of aromatic amines is 2. The summed E-state index contributed by atoms with van der Waals surface area (Å²) in [4.78, 5) is 10.9. The third kappa shape index (κ3) is 2.63. The highest BCUT2D eigenvalue weighted by atomic mass is 16.5. The molecule has 0 spiro atoms. The van der Waals surface area contributed by atoms with Crippen molar-refractivity contribution >= 4 is 45.1 Å². The number of hydrogen-bond donors (Lipinski definition) is 3. The highest BCUT2D eigenvalue weighted by Crippen LogP contribution is 2.23. The van der Waals surface area contributed by atoms with E-state index in [4.69, 9.17) is 4.74 Å². The lowest BCUT2D eigenvalue weighted by Gasteiger charge is -1.99. The van der Waals surface area contributed by atoms with Gasteiger partial charge in [-0.3, -0.25) is 0 Å². The summed E-state index contributed by atoms with van der Waals surface area (Å²) in [7, 11) is 1.65. The number of anilines is 1. The Kier molecular flexibility index (Phi) is 3.46. The zero-order valence-electron chi connectivity index (χ0n) is 14.4. The number of H-pyrrole nitrogens is 2. The van der Waals surface area contributed by atoms with E-state index in [1.807, 2.05) is 48.7 Å². The van der Waals surface area contributed by atoms with E-state index < -0.39 is 0 Å². The lowest BCUT2D eigenvalue weighted by Crippen LogP contribution is -1.98. The minimum Gasteiger partial charge on any atom is -0.497 e. The van der Waals surface area contributed by atoms with E-state index in [2.05, 4.69) is 35.7 Å². The van der Waals surface area contributed by atoms with Crippen molar-refractivity contribution in [1.29, 1.82) is 0 Å². The molecule has 0 aliphatic carbocycles. The lowest BCUT2D eigenvalue weighted by atomic mass is 10.2. The molecule has 5 rings (SSSR count). The fourth-order valence-corrected chi connectivity index (χ4v) is 3.09. The van der Waals surface area contributed by atoms with Crippen LogP contribution in [-0.2, 0) is 0 Å². The standard InChI is InChI=1S/C19H15N7O/c1-27-12-6-7-13-11(9-20-16(13)8-12)10-21-25-19-23-18-17(24-26-19)14-4-2-3-5-15(14)22-18/h2-10,20H,1H3,(H2,22,23,25,26)/b21-10+. The van der Waals surface area contributed by atoms with Crippen molar-refractivity contribution in [2.45, 2.75) is 0 Å². The molecule has 132 valence electrons. The highest BCUT2D eigenvalue weighted by molar-refractivity contribution is 6.03. The summed E-state index contributed by atoms with van der Waals surface area (Å²) in [5.74, 6) is 1.13. The average Bonchev–Trinajstić information content (AvgIpc) is 3.28. The SMILES string of the molecule is COc1ccc2c(/C=N/Nc3nnc4c(n3)[nH]c3ccccc34)c[nH]c2c1. The Morgan fingerprint density at radius 2 is 2.00 bits per heavy atom. The third-order valence-electron chi connectivity index (χ3n) is 4.41. The first-order chi connectivity index (χ1) is 13.3. The Bertz CT molecular complexity index is 1300. The number of hydrogen-bond acceptors (Lipinski definition) is 6. The van der Waals surface area contributed by atoms with Crippen LogP contribution in [0.25, 0.3) is 33.0 Å². The van der Waals surface area contributed by atoms with Crippen molar-refractivity contribution in [3.05, 3.63) is 54.2 Å². The van der Waals surface area contributed by atoms with Crippen LogP contribution < -0.4 is 10.2 Å². The average molecular weight is 357 g/mol. The van der Waals surface area contributed by atoms with Gasteiger partial charge in [0.1, 0.15) is 11.3 Å². The monoisotopic (exact) mass is 357 g/mol. The Morgan fingerprint density at radius 3 is 2.93 bits per heavy atom. The number of fused-ring (bicyclic) bond motifs is 4. The van der Waals surface area contributed by atoms with Gasteiger partial charge in [-0.1, -0.05) is 18.2 Å². The number of nitrogens with zero attached hydrogens (tertiary/aromatic N) is 4. The van der Waals surface area contributed by atoms with Gasteiger partial charge in [0.05, 0.1) is 13.3 Å². The number of aromatic nitrogens is 5. The van der Waals surface area contributed by atoms with Gasteiger partial charge in [0, 0.05) is 39.6 Å². The molecule has 0 saturated heterocycles. The molecule has 0 amide bonds. The molecule has 0 atom stereocenters. The molecule has 3 aromatic heterocycles. The predicted octanol–water partition coefficient (Wildman–Crippen LogP) is 3.44. The lowest BCUT2D eigenvalue weighted by molar-refractivity contribution is 0.415. The van der Waals surface area contributed by atoms with Crippen molar-refractivity contribution in [1.82, 2.24) is 25.1 Å². The van der Waals surface area contributed by atoms with Crippen LogP contribution in [0.5, 0.6) is 5.75 Å². The first-order valence-corrected chi connectivity index (χ1v) is 8.37. The molecule has 0 bridgehead atoms. The van der Waals surface area contributed by atoms with Gasteiger partial charge in [-0.05, 0) is 18.2 Å². The second kappa shape index (κ2) is 6.10. The van der Waals surface area contributed by atoms with Crippen LogP contribution in [0.15, 0.2) is 53.8 Å². The molecule has 8 heteroatoms. The van der Waals surface area contributed by atoms with Gasteiger partial charge in [0.25, 0.3) is 5.95 Å². The molecule has 0 aliphatic heterocycles. The molecular weight excluding hydrogens is 342 g/mol. The second-order valence-corrected chi connectivity index (χ2v) is 6.03. The summed E-state index contributed by atoms with van der Waals surface area (Å²) in [6, 6.07) is 13.7. The van der Waals surface area contributed by atoms with Crippen molar-refractivity contribution in [2.24, 2.45) is 5.10 Å². The van der Waals surface area contributed by atoms with Crippen LogP contribution >= 0.6 is 0 Å². The molecule has 0 aliphatic rings. The summed E-state index contributed by atoms with van der Waals surface area (Å²) in [6.45, 7) is 0. The maximum absolute atomic E-state index is 5.24. The van der Waals surface area contributed by atoms with Gasteiger partial charge in [-0.25, -0.2) is 5.43 Å². The molecule has 3 N–H and O–H groups in total. The minimum atomic E-state index is 0.326. The highest BCUT2D eigenvalue weighted by Gasteiger charge is 2.08. The number of ether oxygens (including phenoxy) is 1. The van der Waals surface area contributed by atoms with E-state index in [1.54, 1.807) is 13.3 Å². The molecule has 5 aromatic rings. The number of para-hydroxylation sites is 1. The molecule has 3 heterocycles. The van der Waals surface area contributed by atoms with Crippen LogP contribution in [0.4, 0.5) is 5.95 Å². The van der Waals surface area contributed by atoms with E-state index >= 15 is 0 Å². The van der Waals surface area contributed by atoms with Crippen molar-refractivity contribution in [2.75, 3.05) is 12.5 Å². The van der Waals surface area contributed by atoms with Gasteiger partial charge < -0.3 is 14.7 Å². The fraction of sp³-hybridized carbons (Fsp3) is 0.0526. The molecule has 0 unspecified atom stereocenters. The van der Waals surface area contributed by atoms with Crippen molar-refractivity contribution in [3.8, 4) is 5.75 Å². The number of methoxy groups -OCH3 is 1. The van der Waals surface area contributed by atoms with Crippen LogP contribution in [0, 0.1) is 0 Å². The maximum Gasteiger partial charge on any atom is 0.265 e. The molecule has 0 fully saturated rings. The molecule has 27 heavy (non-hydrogen) atoms. The largest absolute Gasteiger partial charge is 0.497 e. The molecular formula is C19H15N7O. The number of hydrazone groups is 1. The number of rotatable bonds is 4. The summed E-state index contributed by atoms with van der Waals surface area (Å²) in [5, 5.41) is 14.6. The van der Waals surface area contributed by atoms with E-state index in [1.165, 1.54) is 0 Å². The van der Waals surface area contributed by atoms with Crippen LogP contribution in [-0.4, -0.2) is 38.5 Å². The molecule has 8 nitrogen and oxygen atoms in total. The summed E-state index contributed by atoms with van der Waals surface area (Å²) in [6.07, 6.45) is 3.60. The Labute approximate surface area is 153 Å². The van der Waals surface area contributed by atoms with Gasteiger partial charge in [0.2, 0.25) is 0 Å². The van der Waals surface area contributed by atoms with E-state index in [0.29, 0.717) is 11.6 Å². The van der Waals surface area contributed by atoms with Gasteiger partial charge in [0.15, 0.2) is 5.65 Å². The zero-order chi connectivity index (χ0) is 18.2. The summed E-state index contributed by atoms with van der Waals surface area (Å²) in [5.41, 5.74) is 7.14. The zero-order valence-corrected chi connectivity index (χ0v) is 14.4. The first-order valence-electron chi connectivity index (χ1n) is 8.37. The smallest absolute Gasteiger partial charge is 0.265 e.